The fourth-order valence-corrected chi connectivity index (χ4v) is 14.1. The second kappa shape index (κ2) is 15.3. The lowest BCUT2D eigenvalue weighted by atomic mass is 9.48. The molecule has 8 aliphatic rings. The molecule has 18 heteroatoms. The lowest BCUT2D eigenvalue weighted by molar-refractivity contribution is -0.206. The number of carbonyl (C=O) groups excluding carboxylic acids is 3. The van der Waals surface area contributed by atoms with Crippen molar-refractivity contribution in [3.05, 3.63) is 35.1 Å². The first-order valence-corrected chi connectivity index (χ1v) is 22.6. The largest absolute Gasteiger partial charge is 0.534 e. The number of fused-ring (bicyclic) bond motifs is 10. The van der Waals surface area contributed by atoms with Gasteiger partial charge in [-0.2, -0.15) is 47.9 Å². The smallest absolute Gasteiger partial charge is 0.455 e. The van der Waals surface area contributed by atoms with E-state index in [9.17, 15) is 62.3 Å². The molecule has 0 unspecified atom stereocenters. The Morgan fingerprint density at radius 2 is 1.02 bits per heavy atom. The number of allylic oxidation sites excluding steroid dienone is 4. The molecule has 5 saturated carbocycles. The zero-order valence-corrected chi connectivity index (χ0v) is 35.3. The monoisotopic (exact) mass is 900 g/mol. The third kappa shape index (κ3) is 7.96. The van der Waals surface area contributed by atoms with Crippen molar-refractivity contribution in [2.45, 2.75) is 154 Å². The summed E-state index contributed by atoms with van der Waals surface area (Å²) in [6, 6.07) is 0. The summed E-state index contributed by atoms with van der Waals surface area (Å²) in [5.41, 5.74) is -4.80. The van der Waals surface area contributed by atoms with Gasteiger partial charge in [-0.25, -0.2) is 9.59 Å². The third-order valence-electron chi connectivity index (χ3n) is 16.8. The zero-order chi connectivity index (χ0) is 44.9. The fourth-order valence-electron chi connectivity index (χ4n) is 13.5. The second-order valence-corrected chi connectivity index (χ2v) is 21.3. The molecule has 0 heterocycles. The van der Waals surface area contributed by atoms with Crippen molar-refractivity contribution in [2.75, 3.05) is 0 Å². The molecule has 0 bridgehead atoms. The van der Waals surface area contributed by atoms with E-state index in [-0.39, 0.29) is 52.6 Å². The van der Waals surface area contributed by atoms with Crippen molar-refractivity contribution >= 4 is 27.8 Å². The maximum absolute atomic E-state index is 12.9. The van der Waals surface area contributed by atoms with Gasteiger partial charge in [-0.05, 0) is 129 Å². The summed E-state index contributed by atoms with van der Waals surface area (Å²) in [6.45, 7) is 8.16. The summed E-state index contributed by atoms with van der Waals surface area (Å²) in [5.74, 6) is -2.54. The van der Waals surface area contributed by atoms with E-state index in [1.165, 1.54) is 6.08 Å². The van der Waals surface area contributed by atoms with Gasteiger partial charge in [0.05, 0.1) is 0 Å². The average molecular weight is 901 g/mol. The molecular weight excluding hydrogens is 848 g/mol. The molecule has 342 valence electrons. The Morgan fingerprint density at radius 3 is 1.48 bits per heavy atom. The summed E-state index contributed by atoms with van der Waals surface area (Å²) in [5, 5.41) is 0. The molecule has 61 heavy (non-hydrogen) atoms. The van der Waals surface area contributed by atoms with Crippen molar-refractivity contribution in [1.82, 2.24) is 0 Å². The topological polar surface area (TPSA) is 113 Å². The summed E-state index contributed by atoms with van der Waals surface area (Å²) in [6.07, 6.45) is 3.25. The van der Waals surface area contributed by atoms with Crippen molar-refractivity contribution in [3.8, 4) is 0 Å². The predicted molar refractivity (Wildman–Crippen MR) is 200 cm³/mol. The molecule has 0 aromatic rings. The fraction of sp³-hybridized carbons (Fsp3) is 0.791. The molecule has 8 nitrogen and oxygen atoms in total. The second-order valence-electron chi connectivity index (χ2n) is 19.7. The highest BCUT2D eigenvalue weighted by atomic mass is 32.2. The Morgan fingerprint density at radius 1 is 0.590 bits per heavy atom. The minimum Gasteiger partial charge on any atom is -0.455 e. The van der Waals surface area contributed by atoms with E-state index >= 15 is 0 Å². The molecule has 0 aromatic carbocycles. The van der Waals surface area contributed by atoms with Crippen LogP contribution in [0.3, 0.4) is 0 Å². The van der Waals surface area contributed by atoms with Gasteiger partial charge in [0.2, 0.25) is 0 Å². The van der Waals surface area contributed by atoms with Crippen molar-refractivity contribution in [1.29, 1.82) is 0 Å². The van der Waals surface area contributed by atoms with Gasteiger partial charge in [0, 0.05) is 30.1 Å². The number of Topliss-reactive ketones (excluding diaryl/α,β-unsaturated/α-hetero) is 1. The molecule has 5 fully saturated rings. The SMILES string of the molecule is C[C@]12CC[C@H](OC(=O)C(F)(F)F)CC1=CC[C@@H]1[C@@H]2CC[C@]2(C)C(=O)CC[C@@H]12.C[C@]12CC[C@H](OC(=O)C(F)(F)F)CC1=CC[C@@H]1[C@@H]2CC[C@]2(C)C(OS(=O)(=O)C(F)(F)F)=CC[C@@H]12. The van der Waals surface area contributed by atoms with E-state index in [0.29, 0.717) is 74.9 Å². The lowest BCUT2D eigenvalue weighted by Gasteiger charge is -2.57. The molecule has 0 N–H and O–H groups in total. The number of rotatable bonds is 4. The summed E-state index contributed by atoms with van der Waals surface area (Å²) < 4.78 is 151. The van der Waals surface area contributed by atoms with Crippen LogP contribution in [-0.2, 0) is 38.2 Å². The first-order chi connectivity index (χ1) is 28.0. The normalized spacial score (nSPS) is 40.7. The van der Waals surface area contributed by atoms with E-state index in [4.69, 9.17) is 4.74 Å². The lowest BCUT2D eigenvalue weighted by Crippen LogP contribution is -2.50. The summed E-state index contributed by atoms with van der Waals surface area (Å²) in [7, 11) is -5.76. The minimum absolute atomic E-state index is 0.0446. The van der Waals surface area contributed by atoms with Crippen LogP contribution in [0.15, 0.2) is 35.1 Å². The van der Waals surface area contributed by atoms with Gasteiger partial charge in [0.25, 0.3) is 0 Å². The van der Waals surface area contributed by atoms with Gasteiger partial charge < -0.3 is 13.7 Å². The van der Waals surface area contributed by atoms with Crippen LogP contribution in [0.5, 0.6) is 0 Å². The molecule has 8 rings (SSSR count). The van der Waals surface area contributed by atoms with Crippen molar-refractivity contribution in [2.24, 2.45) is 57.2 Å². The van der Waals surface area contributed by atoms with E-state index < -0.39 is 57.5 Å². The zero-order valence-electron chi connectivity index (χ0n) is 34.5. The predicted octanol–water partition coefficient (Wildman–Crippen LogP) is 10.8. The highest BCUT2D eigenvalue weighted by Gasteiger charge is 2.61. The number of hydrogen-bond acceptors (Lipinski definition) is 8. The van der Waals surface area contributed by atoms with Crippen LogP contribution in [0.2, 0.25) is 0 Å². The number of halogens is 9. The van der Waals surface area contributed by atoms with Gasteiger partial charge in [0.1, 0.15) is 23.8 Å². The number of ketones is 1. The van der Waals surface area contributed by atoms with E-state index in [1.54, 1.807) is 6.92 Å². The number of esters is 2. The van der Waals surface area contributed by atoms with Crippen LogP contribution in [0.1, 0.15) is 124 Å². The number of hydrogen-bond donors (Lipinski definition) is 0. The van der Waals surface area contributed by atoms with Crippen LogP contribution in [0.4, 0.5) is 39.5 Å². The highest BCUT2D eigenvalue weighted by molar-refractivity contribution is 7.87. The van der Waals surface area contributed by atoms with Gasteiger partial charge in [-0.3, -0.25) is 4.79 Å². The van der Waals surface area contributed by atoms with E-state index in [0.717, 1.165) is 43.3 Å². The minimum atomic E-state index is -5.76. The molecule has 0 aromatic heterocycles. The maximum Gasteiger partial charge on any atom is 0.534 e. The molecule has 0 radical (unpaired) electrons. The van der Waals surface area contributed by atoms with E-state index in [1.807, 2.05) is 13.0 Å². The van der Waals surface area contributed by atoms with Crippen molar-refractivity contribution < 1.29 is 76.0 Å². The van der Waals surface area contributed by atoms with Crippen LogP contribution in [0.25, 0.3) is 0 Å². The summed E-state index contributed by atoms with van der Waals surface area (Å²) in [4.78, 5) is 34.9. The third-order valence-corrected chi connectivity index (χ3v) is 17.8. The van der Waals surface area contributed by atoms with E-state index in [2.05, 4.69) is 28.8 Å². The Hall–Kier alpha value is -3.05. The van der Waals surface area contributed by atoms with Gasteiger partial charge in [-0.15, -0.1) is 0 Å². The van der Waals surface area contributed by atoms with Gasteiger partial charge in [-0.1, -0.05) is 51.0 Å². The van der Waals surface area contributed by atoms with Crippen LogP contribution in [-0.4, -0.2) is 56.2 Å². The number of ether oxygens (including phenoxy) is 2. The molecule has 8 aliphatic carbocycles. The molecule has 0 saturated heterocycles. The molecule has 0 aliphatic heterocycles. The Labute approximate surface area is 349 Å². The Balaban J connectivity index is 0.000000189. The highest BCUT2D eigenvalue weighted by Crippen LogP contribution is 2.66. The molecular formula is C43H53F9O8S. The molecule has 0 amide bonds. The van der Waals surface area contributed by atoms with Gasteiger partial charge >= 0.3 is 39.9 Å². The Bertz CT molecular complexity index is 2000. The first-order valence-electron chi connectivity index (χ1n) is 21.2. The van der Waals surface area contributed by atoms with Gasteiger partial charge in [0.15, 0.2) is 0 Å². The Kier molecular flexibility index (Phi) is 11.5. The number of alkyl halides is 9. The molecule has 12 atom stereocenters. The standard InChI is InChI=1S/C22H26F6O5S.C21H27F3O3/c1-19-9-7-13(32-18(29)21(23,24)25)11-12(19)3-4-14-15-5-6-17(20(15,2)10-8-16(14)19)33-34(30,31)22(26,27)28;1-19-9-7-13(27-18(26)21(22,23)24)11-12(19)3-4-14-15-5-6-17(25)20(15,2)10-8-16(14)19/h3,6,13-16H,4-5,7-11H2,1-2H3;3,13-16H,4-11H2,1-2H3/t2*13-,14-,15-,16-,19-,20-/m00/s1. The summed E-state index contributed by atoms with van der Waals surface area (Å²) >= 11 is 0. The van der Waals surface area contributed by atoms with Crippen LogP contribution < -0.4 is 0 Å². The first kappa shape index (κ1) is 46.0. The van der Waals surface area contributed by atoms with Crippen molar-refractivity contribution in [3.63, 3.8) is 0 Å². The number of carbonyl (C=O) groups is 3. The molecule has 0 spiro atoms. The van der Waals surface area contributed by atoms with Crippen LogP contribution >= 0.6 is 0 Å². The average Bonchev–Trinajstić information content (AvgIpc) is 3.65. The van der Waals surface area contributed by atoms with Crippen LogP contribution in [0, 0.1) is 57.2 Å². The maximum atomic E-state index is 12.9. The quantitative estimate of drug-likeness (QED) is 0.0901.